The van der Waals surface area contributed by atoms with E-state index in [0.717, 1.165) is 0 Å². The molecule has 0 saturated carbocycles. The van der Waals surface area contributed by atoms with Gasteiger partial charge in [0.15, 0.2) is 0 Å². The third kappa shape index (κ3) is 19.3. The fourth-order valence-electron chi connectivity index (χ4n) is 3.56. The molecule has 0 spiro atoms. The Kier molecular flexibility index (Phi) is 18.5. The van der Waals surface area contributed by atoms with Crippen molar-refractivity contribution in [3.05, 3.63) is 60.8 Å². The lowest BCUT2D eigenvalue weighted by molar-refractivity contribution is 0.531. The van der Waals surface area contributed by atoms with Crippen molar-refractivity contribution in [2.45, 2.75) is 109 Å². The summed E-state index contributed by atoms with van der Waals surface area (Å²) < 4.78 is 0. The quantitative estimate of drug-likeness (QED) is 0.399. The van der Waals surface area contributed by atoms with E-state index in [2.05, 4.69) is 60.8 Å². The van der Waals surface area contributed by atoms with E-state index < -0.39 is 0 Å². The van der Waals surface area contributed by atoms with Gasteiger partial charge in [0, 0.05) is 0 Å². The van der Waals surface area contributed by atoms with Gasteiger partial charge < -0.3 is 0 Å². The Hall–Kier alpha value is -1.30. The SMILES string of the molecule is C1=CC=CC=CCCCCCCCCCCCCCCCCCC=CC=C1. The lowest BCUT2D eigenvalue weighted by Gasteiger charge is -2.03. The summed E-state index contributed by atoms with van der Waals surface area (Å²) in [5.41, 5.74) is 0. The Morgan fingerprint density at radius 1 is 0.222 bits per heavy atom. The highest BCUT2D eigenvalue weighted by Gasteiger charge is 1.94. The highest BCUT2D eigenvalue weighted by molar-refractivity contribution is 5.17. The molecule has 0 unspecified atom stereocenters. The molecule has 0 heteroatoms. The van der Waals surface area contributed by atoms with Crippen molar-refractivity contribution in [3.8, 4) is 0 Å². The van der Waals surface area contributed by atoms with Crippen LogP contribution < -0.4 is 0 Å². The van der Waals surface area contributed by atoms with Crippen molar-refractivity contribution < 1.29 is 0 Å². The second kappa shape index (κ2) is 21.0. The van der Waals surface area contributed by atoms with Crippen LogP contribution in [0.1, 0.15) is 109 Å². The van der Waals surface area contributed by atoms with Gasteiger partial charge in [0.25, 0.3) is 0 Å². The first-order valence-corrected chi connectivity index (χ1v) is 11.8. The Balaban J connectivity index is 2.22. The van der Waals surface area contributed by atoms with E-state index >= 15 is 0 Å². The van der Waals surface area contributed by atoms with Gasteiger partial charge in [0.1, 0.15) is 0 Å². The Morgan fingerprint density at radius 3 is 0.741 bits per heavy atom. The van der Waals surface area contributed by atoms with Gasteiger partial charge in [-0.1, -0.05) is 144 Å². The summed E-state index contributed by atoms with van der Waals surface area (Å²) in [5, 5.41) is 0. The first kappa shape index (κ1) is 23.7. The van der Waals surface area contributed by atoms with Crippen molar-refractivity contribution in [1.82, 2.24) is 0 Å². The van der Waals surface area contributed by atoms with E-state index in [0.29, 0.717) is 0 Å². The van der Waals surface area contributed by atoms with Gasteiger partial charge in [-0.05, 0) is 25.7 Å². The lowest BCUT2D eigenvalue weighted by Crippen LogP contribution is -1.83. The van der Waals surface area contributed by atoms with E-state index in [4.69, 9.17) is 0 Å². The van der Waals surface area contributed by atoms with Gasteiger partial charge >= 0.3 is 0 Å². The maximum absolute atomic E-state index is 2.30. The van der Waals surface area contributed by atoms with Crippen LogP contribution >= 0.6 is 0 Å². The molecular weight excluding hydrogens is 324 g/mol. The third-order valence-electron chi connectivity index (χ3n) is 5.29. The van der Waals surface area contributed by atoms with Crippen molar-refractivity contribution in [1.29, 1.82) is 0 Å². The van der Waals surface area contributed by atoms with Gasteiger partial charge in [-0.15, -0.1) is 0 Å². The first-order chi connectivity index (χ1) is 13.5. The molecule has 0 fully saturated rings. The summed E-state index contributed by atoms with van der Waals surface area (Å²) in [4.78, 5) is 0. The topological polar surface area (TPSA) is 0 Å². The summed E-state index contributed by atoms with van der Waals surface area (Å²) in [5.74, 6) is 0. The zero-order chi connectivity index (χ0) is 19.1. The predicted molar refractivity (Wildman–Crippen MR) is 124 cm³/mol. The number of rotatable bonds is 0. The van der Waals surface area contributed by atoms with Crippen LogP contribution in [0, 0.1) is 0 Å². The van der Waals surface area contributed by atoms with Crippen LogP contribution in [0.5, 0.6) is 0 Å². The van der Waals surface area contributed by atoms with Crippen molar-refractivity contribution in [3.63, 3.8) is 0 Å². The average molecular weight is 369 g/mol. The minimum absolute atomic E-state index is 1.22. The number of hydrogen-bond donors (Lipinski definition) is 0. The largest absolute Gasteiger partial charge is 0.0845 e. The summed E-state index contributed by atoms with van der Waals surface area (Å²) in [6, 6.07) is 0. The minimum atomic E-state index is 1.22. The molecular formula is C27H44. The van der Waals surface area contributed by atoms with Gasteiger partial charge in [0.2, 0.25) is 0 Å². The van der Waals surface area contributed by atoms with Crippen molar-refractivity contribution >= 4 is 0 Å². The zero-order valence-corrected chi connectivity index (χ0v) is 17.8. The third-order valence-corrected chi connectivity index (χ3v) is 5.29. The van der Waals surface area contributed by atoms with Crippen molar-refractivity contribution in [2.24, 2.45) is 0 Å². The molecule has 0 nitrogen and oxygen atoms in total. The lowest BCUT2D eigenvalue weighted by atomic mass is 10.0. The Morgan fingerprint density at radius 2 is 0.444 bits per heavy atom. The van der Waals surface area contributed by atoms with E-state index in [1.807, 2.05) is 0 Å². The molecule has 27 heavy (non-hydrogen) atoms. The normalized spacial score (nSPS) is 21.0. The molecule has 0 aromatic heterocycles. The predicted octanol–water partition coefficient (Wildman–Crippen LogP) is 9.41. The van der Waals surface area contributed by atoms with Crippen LogP contribution in [0.15, 0.2) is 60.8 Å². The van der Waals surface area contributed by atoms with Crippen LogP contribution in [0.3, 0.4) is 0 Å². The molecule has 0 radical (unpaired) electrons. The van der Waals surface area contributed by atoms with E-state index in [9.17, 15) is 0 Å². The molecule has 0 atom stereocenters. The highest BCUT2D eigenvalue weighted by Crippen LogP contribution is 2.14. The fraction of sp³-hybridized carbons (Fsp3) is 0.630. The Bertz CT molecular complexity index is 393. The first-order valence-electron chi connectivity index (χ1n) is 11.8. The molecule has 1 aliphatic carbocycles. The van der Waals surface area contributed by atoms with Crippen LogP contribution in [0.4, 0.5) is 0 Å². The maximum atomic E-state index is 2.30. The molecule has 0 aromatic rings. The van der Waals surface area contributed by atoms with Crippen LogP contribution in [-0.2, 0) is 0 Å². The summed E-state index contributed by atoms with van der Waals surface area (Å²) in [7, 11) is 0. The smallest absolute Gasteiger partial charge is 0.0348 e. The van der Waals surface area contributed by atoms with Crippen LogP contribution in [0.25, 0.3) is 0 Å². The molecule has 0 heterocycles. The maximum Gasteiger partial charge on any atom is -0.0348 e. The van der Waals surface area contributed by atoms with E-state index in [-0.39, 0.29) is 0 Å². The number of allylic oxidation sites excluding steroid dienone is 10. The fourth-order valence-corrected chi connectivity index (χ4v) is 3.56. The monoisotopic (exact) mass is 368 g/mol. The molecule has 0 aromatic carbocycles. The van der Waals surface area contributed by atoms with Gasteiger partial charge in [-0.3, -0.25) is 0 Å². The standard InChI is InChI=1S/C27H44/c1-2-4-6-8-10-12-14-16-18-20-22-24-26-27-25-23-21-19-17-15-13-11-9-7-5-3-1/h1-10H,11-27H2. The molecule has 0 bridgehead atoms. The molecule has 1 rings (SSSR count). The summed E-state index contributed by atoms with van der Waals surface area (Å²) in [6.07, 6.45) is 45.5. The van der Waals surface area contributed by atoms with E-state index in [1.165, 1.54) is 109 Å². The second-order valence-corrected chi connectivity index (χ2v) is 7.89. The molecule has 152 valence electrons. The Labute approximate surface area is 170 Å². The summed E-state index contributed by atoms with van der Waals surface area (Å²) in [6.45, 7) is 0. The molecule has 0 N–H and O–H groups in total. The zero-order valence-electron chi connectivity index (χ0n) is 17.8. The second-order valence-electron chi connectivity index (χ2n) is 7.89. The van der Waals surface area contributed by atoms with Gasteiger partial charge in [-0.25, -0.2) is 0 Å². The number of hydrogen-bond acceptors (Lipinski definition) is 0. The summed E-state index contributed by atoms with van der Waals surface area (Å²) >= 11 is 0. The van der Waals surface area contributed by atoms with Crippen molar-refractivity contribution in [2.75, 3.05) is 0 Å². The minimum Gasteiger partial charge on any atom is -0.0845 e. The average Bonchev–Trinajstić information content (AvgIpc) is 2.68. The van der Waals surface area contributed by atoms with Gasteiger partial charge in [-0.2, -0.15) is 0 Å². The van der Waals surface area contributed by atoms with E-state index in [1.54, 1.807) is 0 Å². The van der Waals surface area contributed by atoms with Gasteiger partial charge in [0.05, 0.1) is 0 Å². The molecule has 0 aliphatic heterocycles. The molecule has 0 amide bonds. The molecule has 1 aliphatic rings. The highest BCUT2D eigenvalue weighted by atomic mass is 14.0. The molecule has 0 saturated heterocycles. The van der Waals surface area contributed by atoms with Crippen LogP contribution in [-0.4, -0.2) is 0 Å². The van der Waals surface area contributed by atoms with Crippen LogP contribution in [0.2, 0.25) is 0 Å².